The van der Waals surface area contributed by atoms with Crippen molar-refractivity contribution in [1.29, 1.82) is 0 Å². The van der Waals surface area contributed by atoms with E-state index in [9.17, 15) is 18.8 Å². The number of benzene rings is 2. The molecule has 12 heteroatoms. The summed E-state index contributed by atoms with van der Waals surface area (Å²) in [6, 6.07) is 9.49. The van der Waals surface area contributed by atoms with Crippen molar-refractivity contribution in [2.75, 3.05) is 25.8 Å². The first-order chi connectivity index (χ1) is 18.2. The van der Waals surface area contributed by atoms with E-state index in [1.807, 2.05) is 19.1 Å². The van der Waals surface area contributed by atoms with E-state index in [1.165, 1.54) is 36.6 Å². The number of hydrogen-bond acceptors (Lipinski definition) is 9. The molecular weight excluding hydrogens is 557 g/mol. The number of carbonyl (C=O) groups excluding carboxylic acids is 3. The number of methoxy groups -OCH3 is 1. The van der Waals surface area contributed by atoms with Crippen LogP contribution >= 0.6 is 34.3 Å². The molecule has 4 aromatic rings. The van der Waals surface area contributed by atoms with Crippen LogP contribution < -0.4 is 14.8 Å². The molecule has 0 aliphatic carbocycles. The number of rotatable bonds is 7. The lowest BCUT2D eigenvalue weighted by Gasteiger charge is -2.09. The molecule has 1 N–H and O–H groups in total. The van der Waals surface area contributed by atoms with Crippen molar-refractivity contribution in [3.63, 3.8) is 0 Å². The van der Waals surface area contributed by atoms with E-state index in [-0.39, 0.29) is 27.3 Å². The molecule has 196 valence electrons. The number of fused-ring (bicyclic) bond motifs is 2. The zero-order chi connectivity index (χ0) is 27.0. The molecule has 1 aliphatic rings. The molecular formula is C26H19ClFNO7S2. The Balaban J connectivity index is 1.31. The van der Waals surface area contributed by atoms with Gasteiger partial charge in [0.15, 0.2) is 18.1 Å². The first-order valence-corrected chi connectivity index (χ1v) is 13.2. The van der Waals surface area contributed by atoms with Gasteiger partial charge in [-0.15, -0.1) is 22.7 Å². The van der Waals surface area contributed by atoms with Crippen molar-refractivity contribution in [3.8, 4) is 11.5 Å². The highest BCUT2D eigenvalue weighted by Crippen LogP contribution is 2.38. The highest BCUT2D eigenvalue weighted by atomic mass is 35.5. The van der Waals surface area contributed by atoms with Gasteiger partial charge in [-0.1, -0.05) is 17.7 Å². The fourth-order valence-corrected chi connectivity index (χ4v) is 6.49. The number of amides is 1. The van der Waals surface area contributed by atoms with Crippen LogP contribution in [0.4, 0.5) is 9.39 Å². The van der Waals surface area contributed by atoms with Gasteiger partial charge in [0, 0.05) is 15.0 Å². The van der Waals surface area contributed by atoms with Crippen LogP contribution in [0.5, 0.6) is 11.5 Å². The number of hydrogen-bond donors (Lipinski definition) is 1. The monoisotopic (exact) mass is 575 g/mol. The van der Waals surface area contributed by atoms with E-state index in [0.717, 1.165) is 21.8 Å². The molecule has 0 atom stereocenters. The number of thiophene rings is 2. The third-order valence-electron chi connectivity index (χ3n) is 5.78. The number of esters is 2. The van der Waals surface area contributed by atoms with E-state index in [4.69, 9.17) is 30.5 Å². The molecule has 2 aromatic carbocycles. The maximum Gasteiger partial charge on any atom is 0.350 e. The number of aryl methyl sites for hydroxylation is 1. The van der Waals surface area contributed by atoms with E-state index >= 15 is 0 Å². The first-order valence-electron chi connectivity index (χ1n) is 11.2. The summed E-state index contributed by atoms with van der Waals surface area (Å²) in [7, 11) is 1.26. The summed E-state index contributed by atoms with van der Waals surface area (Å²) in [5, 5.41) is 3.57. The van der Waals surface area contributed by atoms with Crippen LogP contribution in [0.3, 0.4) is 0 Å². The summed E-state index contributed by atoms with van der Waals surface area (Å²) in [5.41, 5.74) is 1.80. The van der Waals surface area contributed by atoms with Crippen molar-refractivity contribution in [3.05, 3.63) is 73.7 Å². The minimum atomic E-state index is -0.814. The molecule has 0 fully saturated rings. The van der Waals surface area contributed by atoms with Crippen LogP contribution in [0, 0.1) is 12.7 Å². The smallest absolute Gasteiger partial charge is 0.350 e. The number of ether oxygens (including phenoxy) is 4. The molecule has 5 rings (SSSR count). The second kappa shape index (κ2) is 10.6. The van der Waals surface area contributed by atoms with Crippen LogP contribution in [0.25, 0.3) is 10.1 Å². The molecule has 0 saturated heterocycles. The summed E-state index contributed by atoms with van der Waals surface area (Å²) in [5.74, 6) is -1.26. The Hall–Kier alpha value is -3.67. The molecule has 38 heavy (non-hydrogen) atoms. The van der Waals surface area contributed by atoms with E-state index < -0.39 is 30.3 Å². The third kappa shape index (κ3) is 5.04. The van der Waals surface area contributed by atoms with Crippen LogP contribution in [-0.2, 0) is 20.7 Å². The molecule has 3 heterocycles. The van der Waals surface area contributed by atoms with Crippen molar-refractivity contribution in [1.82, 2.24) is 0 Å². The SMILES string of the molecule is COC(=O)c1c(NC(=O)COC(=O)c2sc3cc(F)ccc3c2Cl)sc(C)c1Cc1ccc2c(c1)OCO2. The summed E-state index contributed by atoms with van der Waals surface area (Å²) in [6.45, 7) is 1.37. The van der Waals surface area contributed by atoms with E-state index in [2.05, 4.69) is 5.32 Å². The lowest BCUT2D eigenvalue weighted by molar-refractivity contribution is -0.119. The first kappa shape index (κ1) is 26.0. The number of nitrogens with one attached hydrogen (secondary N) is 1. The van der Waals surface area contributed by atoms with Gasteiger partial charge in [0.2, 0.25) is 6.79 Å². The third-order valence-corrected chi connectivity index (χ3v) is 8.48. The Labute approximate surface area is 228 Å². The number of carbonyl (C=O) groups is 3. The minimum Gasteiger partial charge on any atom is -0.465 e. The van der Waals surface area contributed by atoms with Gasteiger partial charge in [-0.05, 0) is 54.8 Å². The van der Waals surface area contributed by atoms with Gasteiger partial charge in [0.05, 0.1) is 17.7 Å². The van der Waals surface area contributed by atoms with Crippen molar-refractivity contribution >= 4 is 67.2 Å². The Morgan fingerprint density at radius 3 is 2.66 bits per heavy atom. The highest BCUT2D eigenvalue weighted by Gasteiger charge is 2.26. The lowest BCUT2D eigenvalue weighted by atomic mass is 10.0. The maximum absolute atomic E-state index is 13.5. The predicted molar refractivity (Wildman–Crippen MR) is 141 cm³/mol. The van der Waals surface area contributed by atoms with Crippen LogP contribution in [0.2, 0.25) is 5.02 Å². The largest absolute Gasteiger partial charge is 0.465 e. The summed E-state index contributed by atoms with van der Waals surface area (Å²) < 4.78 is 34.9. The lowest BCUT2D eigenvalue weighted by Crippen LogP contribution is -2.21. The van der Waals surface area contributed by atoms with Crippen molar-refractivity contribution in [2.45, 2.75) is 13.3 Å². The second-order valence-electron chi connectivity index (χ2n) is 8.21. The molecule has 1 aliphatic heterocycles. The summed E-state index contributed by atoms with van der Waals surface area (Å²) in [4.78, 5) is 38.8. The normalized spacial score (nSPS) is 12.0. The van der Waals surface area contributed by atoms with Crippen molar-refractivity contribution < 1.29 is 37.7 Å². The Morgan fingerprint density at radius 2 is 1.87 bits per heavy atom. The average molecular weight is 576 g/mol. The molecule has 8 nitrogen and oxygen atoms in total. The molecule has 0 radical (unpaired) electrons. The zero-order valence-electron chi connectivity index (χ0n) is 20.0. The van der Waals surface area contributed by atoms with Gasteiger partial charge >= 0.3 is 11.9 Å². The zero-order valence-corrected chi connectivity index (χ0v) is 22.4. The predicted octanol–water partition coefficient (Wildman–Crippen LogP) is 5.97. The molecule has 0 saturated carbocycles. The standard InChI is InChI=1S/C26H19ClFNO7S2/c1-12-16(7-13-3-6-17-18(8-13)36-11-35-17)21(25(31)33-2)24(37-12)29-20(30)10-34-26(32)23-22(27)15-5-4-14(28)9-19(15)38-23/h3-6,8-9H,7,10-11H2,1-2H3,(H,29,30). The molecule has 2 aromatic heterocycles. The average Bonchev–Trinajstić information content (AvgIpc) is 3.57. The number of halogens is 2. The Kier molecular flexibility index (Phi) is 7.24. The van der Waals surface area contributed by atoms with Gasteiger partial charge in [-0.3, -0.25) is 4.79 Å². The fourth-order valence-electron chi connectivity index (χ4n) is 3.98. The molecule has 0 unspecified atom stereocenters. The van der Waals surface area contributed by atoms with E-state index in [1.54, 1.807) is 6.07 Å². The van der Waals surface area contributed by atoms with Gasteiger partial charge in [-0.2, -0.15) is 0 Å². The van der Waals surface area contributed by atoms with E-state index in [0.29, 0.717) is 33.6 Å². The highest BCUT2D eigenvalue weighted by molar-refractivity contribution is 7.21. The Bertz CT molecular complexity index is 1600. The molecule has 0 bridgehead atoms. The van der Waals surface area contributed by atoms with Gasteiger partial charge < -0.3 is 24.3 Å². The Morgan fingerprint density at radius 1 is 1.08 bits per heavy atom. The maximum atomic E-state index is 13.5. The minimum absolute atomic E-state index is 0.0632. The van der Waals surface area contributed by atoms with Crippen LogP contribution in [0.15, 0.2) is 36.4 Å². The van der Waals surface area contributed by atoms with Gasteiger partial charge in [-0.25, -0.2) is 14.0 Å². The topological polar surface area (TPSA) is 100 Å². The van der Waals surface area contributed by atoms with Gasteiger partial charge in [0.1, 0.15) is 15.7 Å². The second-order valence-corrected chi connectivity index (χ2v) is 10.9. The van der Waals surface area contributed by atoms with Gasteiger partial charge in [0.25, 0.3) is 5.91 Å². The van der Waals surface area contributed by atoms with Crippen LogP contribution in [-0.4, -0.2) is 38.4 Å². The van der Waals surface area contributed by atoms with Crippen LogP contribution in [0.1, 0.15) is 36.0 Å². The molecule has 1 amide bonds. The summed E-state index contributed by atoms with van der Waals surface area (Å²) >= 11 is 8.44. The quantitative estimate of drug-likeness (QED) is 0.271. The number of anilines is 1. The fraction of sp³-hybridized carbons (Fsp3) is 0.192. The van der Waals surface area contributed by atoms with Crippen molar-refractivity contribution in [2.24, 2.45) is 0 Å². The molecule has 0 spiro atoms. The summed E-state index contributed by atoms with van der Waals surface area (Å²) in [6.07, 6.45) is 0.388.